The second-order valence-corrected chi connectivity index (χ2v) is 6.68. The second kappa shape index (κ2) is 7.24. The van der Waals surface area contributed by atoms with Gasteiger partial charge < -0.3 is 15.5 Å². The minimum Gasteiger partial charge on any atom is -0.505 e. The lowest BCUT2D eigenvalue weighted by molar-refractivity contribution is -0.140. The van der Waals surface area contributed by atoms with E-state index >= 15 is 0 Å². The molecular weight excluding hydrogens is 423 g/mol. The largest absolute Gasteiger partial charge is 0.505 e. The zero-order valence-corrected chi connectivity index (χ0v) is 15.1. The number of carboxylic acids is 1. The average Bonchev–Trinajstić information content (AvgIpc) is 3.05. The third-order valence-corrected chi connectivity index (χ3v) is 4.70. The van der Waals surface area contributed by atoms with E-state index in [1.807, 2.05) is 5.32 Å². The molecule has 28 heavy (non-hydrogen) atoms. The first-order chi connectivity index (χ1) is 13.1. The summed E-state index contributed by atoms with van der Waals surface area (Å²) in [6, 6.07) is 5.97. The molecule has 0 aliphatic rings. The van der Waals surface area contributed by atoms with E-state index < -0.39 is 46.4 Å². The number of carbonyl (C=O) groups is 2. The number of pyridine rings is 1. The Morgan fingerprint density at radius 3 is 2.43 bits per heavy atom. The van der Waals surface area contributed by atoms with E-state index in [0.29, 0.717) is 22.1 Å². The van der Waals surface area contributed by atoms with E-state index in [0.717, 1.165) is 0 Å². The first-order valence-corrected chi connectivity index (χ1v) is 8.60. The van der Waals surface area contributed by atoms with E-state index in [1.165, 1.54) is 24.3 Å². The number of aromatic hydroxyl groups is 1. The highest BCUT2D eigenvalue weighted by Gasteiger charge is 2.39. The van der Waals surface area contributed by atoms with Crippen molar-refractivity contribution in [2.24, 2.45) is 0 Å². The van der Waals surface area contributed by atoms with Gasteiger partial charge in [0.15, 0.2) is 17.1 Å². The molecule has 0 aliphatic heterocycles. The number of amides is 1. The lowest BCUT2D eigenvalue weighted by Crippen LogP contribution is -2.30. The molecule has 0 radical (unpaired) electrons. The quantitative estimate of drug-likeness (QED) is 0.582. The highest BCUT2D eigenvalue weighted by Crippen LogP contribution is 2.44. The van der Waals surface area contributed by atoms with Gasteiger partial charge in [-0.2, -0.15) is 17.5 Å². The molecule has 12 heteroatoms. The van der Waals surface area contributed by atoms with Gasteiger partial charge in [0.25, 0.3) is 5.91 Å². The summed E-state index contributed by atoms with van der Waals surface area (Å²) < 4.78 is 43.9. The average molecular weight is 432 g/mol. The molecule has 3 aromatic rings. The number of hydrogen-bond acceptors (Lipinski definition) is 6. The van der Waals surface area contributed by atoms with Crippen LogP contribution >= 0.6 is 23.1 Å². The van der Waals surface area contributed by atoms with Crippen molar-refractivity contribution < 1.29 is 33.0 Å². The fourth-order valence-electron chi connectivity index (χ4n) is 2.40. The van der Waals surface area contributed by atoms with Crippen molar-refractivity contribution in [3.63, 3.8) is 0 Å². The molecule has 146 valence electrons. The molecule has 0 fully saturated rings. The third-order valence-electron chi connectivity index (χ3n) is 3.59. The molecule has 0 saturated carbocycles. The highest BCUT2D eigenvalue weighted by atomic mass is 35.5. The van der Waals surface area contributed by atoms with Crippen molar-refractivity contribution >= 4 is 45.1 Å². The van der Waals surface area contributed by atoms with Gasteiger partial charge >= 0.3 is 12.1 Å². The number of carboxylic acid groups (broad SMARTS) is 1. The van der Waals surface area contributed by atoms with Gasteiger partial charge in [-0.3, -0.25) is 9.59 Å². The summed E-state index contributed by atoms with van der Waals surface area (Å²) in [7, 11) is 0. The number of nitrogens with zero attached hydrogens (tertiary/aromatic N) is 2. The monoisotopic (exact) mass is 431 g/mol. The summed E-state index contributed by atoms with van der Waals surface area (Å²) in [5, 5.41) is 21.0. The normalized spacial score (nSPS) is 11.6. The number of benzene rings is 1. The molecule has 2 heterocycles. The Balaban J connectivity index is 2.26. The number of nitrogens with one attached hydrogen (secondary N) is 1. The minimum absolute atomic E-state index is 0.00866. The molecule has 2 aromatic heterocycles. The summed E-state index contributed by atoms with van der Waals surface area (Å²) >= 11 is 6.28. The van der Waals surface area contributed by atoms with Gasteiger partial charge in [-0.15, -0.1) is 0 Å². The maximum Gasteiger partial charge on any atom is 0.434 e. The summed E-state index contributed by atoms with van der Waals surface area (Å²) in [6.07, 6.45) is -4.93. The summed E-state index contributed by atoms with van der Waals surface area (Å²) in [6.45, 7) is -0.856. The summed E-state index contributed by atoms with van der Waals surface area (Å²) in [5.74, 6) is -3.51. The molecule has 7 nitrogen and oxygen atoms in total. The van der Waals surface area contributed by atoms with Crippen molar-refractivity contribution in [3.05, 3.63) is 40.7 Å². The predicted molar refractivity (Wildman–Crippen MR) is 94.5 cm³/mol. The Labute approximate surface area is 163 Å². The number of alkyl halides is 3. The van der Waals surface area contributed by atoms with Crippen LogP contribution in [0.15, 0.2) is 24.3 Å². The number of fused-ring (bicyclic) bond motifs is 1. The molecule has 0 atom stereocenters. The van der Waals surface area contributed by atoms with Crippen LogP contribution < -0.4 is 5.32 Å². The van der Waals surface area contributed by atoms with E-state index in [2.05, 4.69) is 9.36 Å². The molecule has 0 unspecified atom stereocenters. The Morgan fingerprint density at radius 2 is 1.86 bits per heavy atom. The Morgan fingerprint density at radius 1 is 1.21 bits per heavy atom. The standard InChI is InChI=1S/C16H9ClF3N3O4S/c17-7-3-1-6(2-4-7)10-9-12(26)11(15(27)21-5-8(24)25)22-14(16(18,19)20)13(9)28-23-10/h1-4,26H,5H2,(H,21,27)(H,24,25). The lowest BCUT2D eigenvalue weighted by Gasteiger charge is -2.12. The first-order valence-electron chi connectivity index (χ1n) is 7.45. The van der Waals surface area contributed by atoms with Crippen molar-refractivity contribution in [1.29, 1.82) is 0 Å². The van der Waals surface area contributed by atoms with Crippen LogP contribution in [-0.4, -0.2) is 38.0 Å². The first kappa shape index (κ1) is 19.8. The third kappa shape index (κ3) is 3.71. The van der Waals surface area contributed by atoms with E-state index in [1.54, 1.807) is 0 Å². The van der Waals surface area contributed by atoms with E-state index in [-0.39, 0.29) is 11.1 Å². The summed E-state index contributed by atoms with van der Waals surface area (Å²) in [5.41, 5.74) is -1.98. The molecule has 0 spiro atoms. The smallest absolute Gasteiger partial charge is 0.434 e. The van der Waals surface area contributed by atoms with E-state index in [4.69, 9.17) is 16.7 Å². The maximum absolute atomic E-state index is 13.5. The van der Waals surface area contributed by atoms with Crippen molar-refractivity contribution in [1.82, 2.24) is 14.7 Å². The van der Waals surface area contributed by atoms with Crippen LogP contribution in [0.3, 0.4) is 0 Å². The van der Waals surface area contributed by atoms with E-state index in [9.17, 15) is 27.9 Å². The predicted octanol–water partition coefficient (Wildman–Crippen LogP) is 3.55. The molecule has 0 aliphatic carbocycles. The van der Waals surface area contributed by atoms with Gasteiger partial charge in [-0.25, -0.2) is 4.98 Å². The maximum atomic E-state index is 13.5. The fourth-order valence-corrected chi connectivity index (χ4v) is 3.44. The summed E-state index contributed by atoms with van der Waals surface area (Å²) in [4.78, 5) is 25.9. The molecule has 3 rings (SSSR count). The Bertz CT molecular complexity index is 1080. The molecule has 0 bridgehead atoms. The molecule has 3 N–H and O–H groups in total. The molecule has 1 amide bonds. The van der Waals surface area contributed by atoms with Gasteiger partial charge in [0.2, 0.25) is 0 Å². The van der Waals surface area contributed by atoms with Crippen molar-refractivity contribution in [3.8, 4) is 17.0 Å². The van der Waals surface area contributed by atoms with Gasteiger partial charge in [0.1, 0.15) is 6.54 Å². The van der Waals surface area contributed by atoms with Gasteiger partial charge in [0, 0.05) is 10.6 Å². The number of halogens is 4. The SMILES string of the molecule is O=C(O)CNC(=O)c1nc(C(F)(F)F)c2snc(-c3ccc(Cl)cc3)c2c1O. The van der Waals surface area contributed by atoms with Crippen LogP contribution in [0.5, 0.6) is 5.75 Å². The van der Waals surface area contributed by atoms with Crippen LogP contribution in [0.1, 0.15) is 16.2 Å². The highest BCUT2D eigenvalue weighted by molar-refractivity contribution is 7.14. The van der Waals surface area contributed by atoms with Crippen LogP contribution in [0, 0.1) is 0 Å². The Kier molecular flexibility index (Phi) is 5.13. The topological polar surface area (TPSA) is 112 Å². The van der Waals surface area contributed by atoms with Crippen molar-refractivity contribution in [2.45, 2.75) is 6.18 Å². The zero-order chi connectivity index (χ0) is 20.6. The van der Waals surface area contributed by atoms with Crippen LogP contribution in [0.25, 0.3) is 21.3 Å². The molecule has 1 aromatic carbocycles. The second-order valence-electron chi connectivity index (χ2n) is 5.47. The lowest BCUT2D eigenvalue weighted by atomic mass is 10.1. The minimum atomic E-state index is -4.93. The number of aromatic nitrogens is 2. The van der Waals surface area contributed by atoms with Gasteiger partial charge in [-0.1, -0.05) is 23.7 Å². The molecular formula is C16H9ClF3N3O4S. The van der Waals surface area contributed by atoms with Gasteiger partial charge in [-0.05, 0) is 23.7 Å². The zero-order valence-electron chi connectivity index (χ0n) is 13.5. The fraction of sp³-hybridized carbons (Fsp3) is 0.125. The van der Waals surface area contributed by atoms with Crippen molar-refractivity contribution in [2.75, 3.05) is 6.54 Å². The van der Waals surface area contributed by atoms with Crippen LogP contribution in [0.2, 0.25) is 5.02 Å². The molecule has 0 saturated heterocycles. The number of rotatable bonds is 4. The number of carbonyl (C=O) groups excluding carboxylic acids is 1. The van der Waals surface area contributed by atoms with Crippen LogP contribution in [-0.2, 0) is 11.0 Å². The number of hydrogen-bond donors (Lipinski definition) is 3. The number of aliphatic carboxylic acids is 1. The van der Waals surface area contributed by atoms with Gasteiger partial charge in [0.05, 0.1) is 15.8 Å². The Hall–Kier alpha value is -2.92. The van der Waals surface area contributed by atoms with Crippen LogP contribution in [0.4, 0.5) is 13.2 Å².